The highest BCUT2D eigenvalue weighted by atomic mass is 16.7. The van der Waals surface area contributed by atoms with Crippen LogP contribution in [0.4, 0.5) is 0 Å². The third kappa shape index (κ3) is 3.85. The molecule has 0 saturated carbocycles. The Hall–Kier alpha value is -0.850. The summed E-state index contributed by atoms with van der Waals surface area (Å²) in [5.74, 6) is 0. The van der Waals surface area contributed by atoms with Crippen molar-refractivity contribution in [3.05, 3.63) is 35.4 Å². The topological polar surface area (TPSA) is 40.2 Å². The monoisotopic (exact) mass is 373 g/mol. The van der Waals surface area contributed by atoms with Crippen LogP contribution in [0.2, 0.25) is 0 Å². The summed E-state index contributed by atoms with van der Waals surface area (Å²) >= 11 is 0. The summed E-state index contributed by atoms with van der Waals surface area (Å²) in [5, 5.41) is 0. The van der Waals surface area contributed by atoms with Gasteiger partial charge >= 0.3 is 14.5 Å². The summed E-state index contributed by atoms with van der Waals surface area (Å²) < 4.78 is 27.3. The van der Waals surface area contributed by atoms with E-state index in [-0.39, 0.29) is 0 Å². The van der Waals surface area contributed by atoms with E-state index in [1.165, 1.54) is 5.56 Å². The molecule has 2 aliphatic rings. The molecule has 0 bridgehead atoms. The van der Waals surface area contributed by atoms with Crippen molar-refractivity contribution in [2.24, 2.45) is 0 Å². The minimum atomic E-state index is -0.550. The Labute approximate surface area is 165 Å². The molecule has 27 heavy (non-hydrogen) atoms. The largest absolute Gasteiger partial charge is 0.551 e. The Morgan fingerprint density at radius 3 is 1.33 bits per heavy atom. The fourth-order valence-electron chi connectivity index (χ4n) is 3.05. The van der Waals surface area contributed by atoms with Gasteiger partial charge in [-0.2, -0.15) is 0 Å². The molecule has 0 unspecified atom stereocenters. The highest BCUT2D eigenvalue weighted by Crippen LogP contribution is 2.42. The highest BCUT2D eigenvalue weighted by Gasteiger charge is 2.61. The van der Waals surface area contributed by atoms with Crippen LogP contribution in [-0.4, -0.2) is 41.6 Å². The number of rotatable bonds is 4. The Bertz CT molecular complexity index is 620. The number of nitrogens with zero attached hydrogens (tertiary/aromatic N) is 1. The van der Waals surface area contributed by atoms with Crippen LogP contribution in [0.3, 0.4) is 0 Å². The van der Waals surface area contributed by atoms with E-state index in [0.717, 1.165) is 5.56 Å². The maximum Gasteiger partial charge on any atom is 0.551 e. The van der Waals surface area contributed by atoms with Gasteiger partial charge in [-0.1, -0.05) is 29.8 Å². The van der Waals surface area contributed by atoms with Gasteiger partial charge in [0.15, 0.2) is 0 Å². The predicted molar refractivity (Wildman–Crippen MR) is 109 cm³/mol. The predicted octanol–water partition coefficient (Wildman–Crippen LogP) is 3.97. The minimum absolute atomic E-state index is 0.424. The zero-order valence-electron chi connectivity index (χ0n) is 18.3. The molecule has 0 N–H and O–H groups in total. The maximum atomic E-state index is 6.31. The van der Waals surface area contributed by atoms with Crippen molar-refractivity contribution in [3.8, 4) is 0 Å². The SMILES string of the molecule is Cc1ccc(CN(B2OC(C)(C)C(C)(C)O2)B2OC(C)(C)C(C)(C)O2)cc1. The summed E-state index contributed by atoms with van der Waals surface area (Å²) in [6.07, 6.45) is 0. The normalized spacial score (nSPS) is 25.4. The Morgan fingerprint density at radius 1 is 0.667 bits per heavy atom. The summed E-state index contributed by atoms with van der Waals surface area (Å²) in [6, 6.07) is 8.47. The number of hydrogen-bond donors (Lipinski definition) is 0. The van der Waals surface area contributed by atoms with Crippen LogP contribution < -0.4 is 0 Å². The molecule has 3 rings (SSSR count). The van der Waals surface area contributed by atoms with Crippen LogP contribution in [0.15, 0.2) is 24.3 Å². The molecule has 5 nitrogen and oxygen atoms in total. The first-order chi connectivity index (χ1) is 12.2. The molecule has 2 aliphatic heterocycles. The second-order valence-corrected chi connectivity index (χ2v) is 9.78. The van der Waals surface area contributed by atoms with Crippen LogP contribution >= 0.6 is 0 Å². The molecular weight excluding hydrogens is 340 g/mol. The molecule has 2 heterocycles. The van der Waals surface area contributed by atoms with E-state index in [9.17, 15) is 0 Å². The first-order valence-electron chi connectivity index (χ1n) is 9.77. The van der Waals surface area contributed by atoms with Gasteiger partial charge in [-0.25, -0.2) is 0 Å². The van der Waals surface area contributed by atoms with Gasteiger partial charge < -0.3 is 18.6 Å². The fourth-order valence-corrected chi connectivity index (χ4v) is 3.05. The molecule has 0 aromatic heterocycles. The smallest absolute Gasteiger partial charge is 0.390 e. The van der Waals surface area contributed by atoms with Crippen LogP contribution in [0.25, 0.3) is 0 Å². The van der Waals surface area contributed by atoms with E-state index in [1.54, 1.807) is 0 Å². The van der Waals surface area contributed by atoms with E-state index in [4.69, 9.17) is 18.6 Å². The maximum absolute atomic E-state index is 6.31. The third-order valence-electron chi connectivity index (χ3n) is 6.51. The highest BCUT2D eigenvalue weighted by molar-refractivity contribution is 6.60. The zero-order chi connectivity index (χ0) is 20.3. The van der Waals surface area contributed by atoms with Gasteiger partial charge in [0.2, 0.25) is 0 Å². The lowest BCUT2D eigenvalue weighted by atomic mass is 9.87. The molecule has 0 amide bonds. The molecule has 0 aliphatic carbocycles. The Morgan fingerprint density at radius 2 is 1.00 bits per heavy atom. The van der Waals surface area contributed by atoms with Gasteiger partial charge in [0.1, 0.15) is 0 Å². The van der Waals surface area contributed by atoms with Crippen LogP contribution in [0, 0.1) is 6.92 Å². The van der Waals surface area contributed by atoms with Gasteiger partial charge in [-0.15, -0.1) is 0 Å². The van der Waals surface area contributed by atoms with Gasteiger partial charge in [0.25, 0.3) is 0 Å². The Kier molecular flexibility index (Phi) is 5.10. The minimum Gasteiger partial charge on any atom is -0.390 e. The van der Waals surface area contributed by atoms with Crippen LogP contribution in [0.1, 0.15) is 66.5 Å². The molecule has 0 atom stereocenters. The van der Waals surface area contributed by atoms with E-state index < -0.39 is 36.9 Å². The van der Waals surface area contributed by atoms with Crippen molar-refractivity contribution in [1.82, 2.24) is 4.72 Å². The standard InChI is InChI=1S/C20H33B2NO4/c1-15-10-12-16(13-11-15)14-23(21-24-17(2,3)18(4,5)25-21)22-26-19(6,7)20(8,9)27-22/h10-13H,14H2,1-9H3. The van der Waals surface area contributed by atoms with E-state index in [1.807, 2.05) is 4.72 Å². The molecule has 148 valence electrons. The quantitative estimate of drug-likeness (QED) is 0.747. The molecule has 0 radical (unpaired) electrons. The molecule has 0 spiro atoms. The molecular formula is C20H33B2NO4. The fraction of sp³-hybridized carbons (Fsp3) is 0.700. The van der Waals surface area contributed by atoms with E-state index in [0.29, 0.717) is 6.54 Å². The van der Waals surface area contributed by atoms with Crippen molar-refractivity contribution < 1.29 is 18.6 Å². The van der Waals surface area contributed by atoms with Crippen molar-refractivity contribution >= 4 is 14.5 Å². The van der Waals surface area contributed by atoms with Crippen LogP contribution in [-0.2, 0) is 25.2 Å². The van der Waals surface area contributed by atoms with Gasteiger partial charge in [-0.3, -0.25) is 4.72 Å². The second-order valence-electron chi connectivity index (χ2n) is 9.78. The zero-order valence-corrected chi connectivity index (χ0v) is 18.3. The van der Waals surface area contributed by atoms with Gasteiger partial charge in [0.05, 0.1) is 22.4 Å². The Balaban J connectivity index is 1.89. The first kappa shape index (κ1) is 20.9. The van der Waals surface area contributed by atoms with Crippen molar-refractivity contribution in [1.29, 1.82) is 0 Å². The van der Waals surface area contributed by atoms with E-state index >= 15 is 0 Å². The molecule has 7 heteroatoms. The molecule has 1 aromatic rings. The molecule has 1 aromatic carbocycles. The lowest BCUT2D eigenvalue weighted by molar-refractivity contribution is 0.00578. The summed E-state index contributed by atoms with van der Waals surface area (Å²) in [7, 11) is -1.10. The summed E-state index contributed by atoms with van der Waals surface area (Å²) in [6.45, 7) is 19.1. The number of hydrogen-bond acceptors (Lipinski definition) is 5. The lowest BCUT2D eigenvalue weighted by Crippen LogP contribution is -2.52. The van der Waals surface area contributed by atoms with Crippen molar-refractivity contribution in [2.75, 3.05) is 0 Å². The number of aryl methyl sites for hydroxylation is 1. The average molecular weight is 373 g/mol. The summed E-state index contributed by atoms with van der Waals surface area (Å²) in [4.78, 5) is 0. The third-order valence-corrected chi connectivity index (χ3v) is 6.51. The van der Waals surface area contributed by atoms with Gasteiger partial charge in [0, 0.05) is 6.54 Å². The molecule has 2 fully saturated rings. The number of benzene rings is 1. The lowest BCUT2D eigenvalue weighted by Gasteiger charge is -2.32. The summed E-state index contributed by atoms with van der Waals surface area (Å²) in [5.41, 5.74) is 0.695. The second kappa shape index (κ2) is 6.60. The van der Waals surface area contributed by atoms with Crippen LogP contribution in [0.5, 0.6) is 0 Å². The van der Waals surface area contributed by atoms with E-state index in [2.05, 4.69) is 86.6 Å². The molecule has 2 saturated heterocycles. The average Bonchev–Trinajstić information content (AvgIpc) is 2.86. The first-order valence-corrected chi connectivity index (χ1v) is 9.77. The van der Waals surface area contributed by atoms with Crippen molar-refractivity contribution in [2.45, 2.75) is 91.3 Å². The van der Waals surface area contributed by atoms with Gasteiger partial charge in [-0.05, 0) is 67.9 Å². The van der Waals surface area contributed by atoms with Crippen molar-refractivity contribution in [3.63, 3.8) is 0 Å².